The second kappa shape index (κ2) is 5.57. The predicted molar refractivity (Wildman–Crippen MR) is 77.3 cm³/mol. The highest BCUT2D eigenvalue weighted by atomic mass is 32.1. The number of hydrogen-bond donors (Lipinski definition) is 1. The second-order valence-electron chi connectivity index (χ2n) is 5.90. The Bertz CT molecular complexity index is 396. The van der Waals surface area contributed by atoms with Gasteiger partial charge in [0.1, 0.15) is 0 Å². The molecule has 0 aromatic carbocycles. The van der Waals surface area contributed by atoms with Gasteiger partial charge in [0.05, 0.1) is 17.2 Å². The van der Waals surface area contributed by atoms with Gasteiger partial charge < -0.3 is 10.0 Å². The number of aliphatic hydroxyl groups excluding tert-OH is 1. The molecule has 0 radical (unpaired) electrons. The summed E-state index contributed by atoms with van der Waals surface area (Å²) in [6.45, 7) is 9.97. The van der Waals surface area contributed by atoms with Crippen LogP contribution in [0.1, 0.15) is 57.0 Å². The molecule has 4 heteroatoms. The van der Waals surface area contributed by atoms with Crippen LogP contribution in [0.5, 0.6) is 0 Å². The molecule has 1 aromatic rings. The average Bonchev–Trinajstić information content (AvgIpc) is 3.04. The van der Waals surface area contributed by atoms with Crippen LogP contribution in [0.3, 0.4) is 0 Å². The number of rotatable bonds is 6. The summed E-state index contributed by atoms with van der Waals surface area (Å²) in [7, 11) is 0. The van der Waals surface area contributed by atoms with Gasteiger partial charge in [-0.05, 0) is 24.7 Å². The van der Waals surface area contributed by atoms with Gasteiger partial charge in [0.25, 0.3) is 0 Å². The van der Waals surface area contributed by atoms with Gasteiger partial charge in [0, 0.05) is 12.6 Å². The Kier molecular flexibility index (Phi) is 4.28. The third-order valence-corrected chi connectivity index (χ3v) is 4.29. The summed E-state index contributed by atoms with van der Waals surface area (Å²) in [4.78, 5) is 8.26. The van der Waals surface area contributed by atoms with Crippen LogP contribution >= 0.6 is 11.3 Å². The van der Waals surface area contributed by atoms with Crippen molar-refractivity contribution in [2.75, 3.05) is 11.4 Å². The van der Waals surface area contributed by atoms with Crippen molar-refractivity contribution in [3.63, 3.8) is 0 Å². The number of anilines is 1. The molecule has 0 saturated heterocycles. The fourth-order valence-corrected chi connectivity index (χ4v) is 3.36. The monoisotopic (exact) mass is 268 g/mol. The van der Waals surface area contributed by atoms with Crippen molar-refractivity contribution in [2.24, 2.45) is 5.92 Å². The highest BCUT2D eigenvalue weighted by Crippen LogP contribution is 2.37. The van der Waals surface area contributed by atoms with Crippen molar-refractivity contribution in [2.45, 2.75) is 59.1 Å². The third-order valence-electron chi connectivity index (χ3n) is 3.20. The van der Waals surface area contributed by atoms with Crippen molar-refractivity contribution in [1.29, 1.82) is 0 Å². The number of hydrogen-bond acceptors (Lipinski definition) is 4. The van der Waals surface area contributed by atoms with Gasteiger partial charge in [-0.1, -0.05) is 39.0 Å². The standard InChI is InChI=1S/C14H24N2OS/c1-9(2)7-16(11-5-6-11)14-15-13(10(3)4)12(8-17)18-14/h9-11,17H,5-8H2,1-4H3. The van der Waals surface area contributed by atoms with Crippen LogP contribution in [-0.4, -0.2) is 22.7 Å². The maximum Gasteiger partial charge on any atom is 0.186 e. The molecule has 1 aromatic heterocycles. The Balaban J connectivity index is 2.24. The lowest BCUT2D eigenvalue weighted by Gasteiger charge is -2.23. The Morgan fingerprint density at radius 1 is 1.33 bits per heavy atom. The number of aliphatic hydroxyl groups is 1. The first-order chi connectivity index (χ1) is 8.52. The van der Waals surface area contributed by atoms with Crippen molar-refractivity contribution in [3.8, 4) is 0 Å². The quantitative estimate of drug-likeness (QED) is 0.859. The molecular weight excluding hydrogens is 244 g/mol. The highest BCUT2D eigenvalue weighted by molar-refractivity contribution is 7.15. The van der Waals surface area contributed by atoms with E-state index in [0.717, 1.165) is 22.2 Å². The van der Waals surface area contributed by atoms with Crippen LogP contribution in [0.4, 0.5) is 5.13 Å². The molecule has 2 rings (SSSR count). The van der Waals surface area contributed by atoms with Gasteiger partial charge in [0.15, 0.2) is 5.13 Å². The molecule has 0 amide bonds. The van der Waals surface area contributed by atoms with Gasteiger partial charge in [-0.25, -0.2) is 4.98 Å². The molecule has 0 spiro atoms. The first kappa shape index (κ1) is 13.8. The van der Waals surface area contributed by atoms with E-state index in [1.807, 2.05) is 0 Å². The summed E-state index contributed by atoms with van der Waals surface area (Å²) in [6, 6.07) is 0.685. The molecule has 1 fully saturated rings. The fourth-order valence-electron chi connectivity index (χ4n) is 2.20. The maximum absolute atomic E-state index is 9.45. The molecule has 1 aliphatic rings. The Morgan fingerprint density at radius 2 is 2.00 bits per heavy atom. The zero-order valence-corrected chi connectivity index (χ0v) is 12.6. The lowest BCUT2D eigenvalue weighted by Crippen LogP contribution is -2.29. The third kappa shape index (κ3) is 3.04. The lowest BCUT2D eigenvalue weighted by atomic mass is 10.1. The summed E-state index contributed by atoms with van der Waals surface area (Å²) in [5.41, 5.74) is 1.08. The Hall–Kier alpha value is -0.610. The Labute approximate surface area is 114 Å². The number of thiazole rings is 1. The zero-order valence-electron chi connectivity index (χ0n) is 11.8. The summed E-state index contributed by atoms with van der Waals surface area (Å²) in [6.07, 6.45) is 2.58. The number of nitrogens with zero attached hydrogens (tertiary/aromatic N) is 2. The van der Waals surface area contributed by atoms with Gasteiger partial charge in [0.2, 0.25) is 0 Å². The van der Waals surface area contributed by atoms with E-state index in [0.29, 0.717) is 17.9 Å². The van der Waals surface area contributed by atoms with Crippen molar-refractivity contribution in [1.82, 2.24) is 4.98 Å². The van der Waals surface area contributed by atoms with Crippen LogP contribution in [0.25, 0.3) is 0 Å². The lowest BCUT2D eigenvalue weighted by molar-refractivity contribution is 0.283. The Morgan fingerprint density at radius 3 is 2.39 bits per heavy atom. The van der Waals surface area contributed by atoms with Gasteiger partial charge >= 0.3 is 0 Å². The average molecular weight is 268 g/mol. The zero-order chi connectivity index (χ0) is 13.3. The van der Waals surface area contributed by atoms with E-state index in [9.17, 15) is 5.11 Å². The maximum atomic E-state index is 9.45. The van der Waals surface area contributed by atoms with E-state index in [1.165, 1.54) is 12.8 Å². The van der Waals surface area contributed by atoms with Gasteiger partial charge in [-0.3, -0.25) is 0 Å². The van der Waals surface area contributed by atoms with Crippen LogP contribution in [0.15, 0.2) is 0 Å². The van der Waals surface area contributed by atoms with Crippen LogP contribution in [0.2, 0.25) is 0 Å². The molecule has 1 saturated carbocycles. The van der Waals surface area contributed by atoms with Crippen LogP contribution < -0.4 is 4.90 Å². The van der Waals surface area contributed by atoms with Crippen molar-refractivity contribution in [3.05, 3.63) is 10.6 Å². The summed E-state index contributed by atoms with van der Waals surface area (Å²) in [5.74, 6) is 1.03. The van der Waals surface area contributed by atoms with E-state index in [2.05, 4.69) is 32.6 Å². The molecule has 1 aliphatic carbocycles. The smallest absolute Gasteiger partial charge is 0.186 e. The van der Waals surface area contributed by atoms with E-state index >= 15 is 0 Å². The van der Waals surface area contributed by atoms with Crippen LogP contribution in [-0.2, 0) is 6.61 Å². The summed E-state index contributed by atoms with van der Waals surface area (Å²) < 4.78 is 0. The first-order valence-electron chi connectivity index (χ1n) is 6.90. The predicted octanol–water partition coefficient (Wildman–Crippen LogP) is 3.38. The van der Waals surface area contributed by atoms with Crippen molar-refractivity contribution >= 4 is 16.5 Å². The second-order valence-corrected chi connectivity index (χ2v) is 6.96. The SMILES string of the molecule is CC(C)CN(c1nc(C(C)C)c(CO)s1)C1CC1. The molecule has 18 heavy (non-hydrogen) atoms. The molecule has 0 bridgehead atoms. The molecule has 102 valence electrons. The minimum absolute atomic E-state index is 0.116. The number of aromatic nitrogens is 1. The topological polar surface area (TPSA) is 36.4 Å². The minimum Gasteiger partial charge on any atom is -0.391 e. The van der Waals surface area contributed by atoms with Gasteiger partial charge in [-0.2, -0.15) is 0 Å². The molecule has 0 atom stereocenters. The fraction of sp³-hybridized carbons (Fsp3) is 0.786. The highest BCUT2D eigenvalue weighted by Gasteiger charge is 2.32. The molecule has 0 unspecified atom stereocenters. The van der Waals surface area contributed by atoms with Gasteiger partial charge in [-0.15, -0.1) is 0 Å². The molecule has 0 aliphatic heterocycles. The molecule has 3 nitrogen and oxygen atoms in total. The van der Waals surface area contributed by atoms with E-state index in [1.54, 1.807) is 11.3 Å². The normalized spacial score (nSPS) is 15.7. The van der Waals surface area contributed by atoms with Crippen LogP contribution in [0, 0.1) is 5.92 Å². The molecule has 1 heterocycles. The van der Waals surface area contributed by atoms with Crippen molar-refractivity contribution < 1.29 is 5.11 Å². The summed E-state index contributed by atoms with van der Waals surface area (Å²) in [5, 5.41) is 10.6. The minimum atomic E-state index is 0.116. The van der Waals surface area contributed by atoms with E-state index < -0.39 is 0 Å². The first-order valence-corrected chi connectivity index (χ1v) is 7.71. The molecule has 1 N–H and O–H groups in total. The molecular formula is C14H24N2OS. The van der Waals surface area contributed by atoms with E-state index in [4.69, 9.17) is 4.98 Å². The largest absolute Gasteiger partial charge is 0.391 e. The van der Waals surface area contributed by atoms with E-state index in [-0.39, 0.29) is 6.61 Å². The summed E-state index contributed by atoms with van der Waals surface area (Å²) >= 11 is 1.67.